The molecule has 0 aliphatic heterocycles. The molecule has 1 aromatic carbocycles. The summed E-state index contributed by atoms with van der Waals surface area (Å²) >= 11 is 0. The van der Waals surface area contributed by atoms with Crippen molar-refractivity contribution >= 4 is 0 Å². The number of imidazole rings is 1. The van der Waals surface area contributed by atoms with E-state index in [1.54, 1.807) is 6.20 Å². The monoisotopic (exact) mass is 332 g/mol. The highest BCUT2D eigenvalue weighted by Crippen LogP contribution is 2.12. The minimum Gasteiger partial charge on any atom is -0.376 e. The lowest BCUT2D eigenvalue weighted by molar-refractivity contribution is 0.0336. The zero-order valence-corrected chi connectivity index (χ0v) is 14.7. The summed E-state index contributed by atoms with van der Waals surface area (Å²) in [5.74, 6) is -0.183. The van der Waals surface area contributed by atoms with Crippen molar-refractivity contribution < 1.29 is 9.13 Å². The fourth-order valence-electron chi connectivity index (χ4n) is 2.79. The highest BCUT2D eigenvalue weighted by molar-refractivity contribution is 5.16. The van der Waals surface area contributed by atoms with Crippen molar-refractivity contribution in [1.29, 1.82) is 0 Å². The normalized spacial score (nSPS) is 12.4. The Labute approximate surface area is 144 Å². The molecule has 4 heteroatoms. The first-order valence-corrected chi connectivity index (χ1v) is 9.09. The van der Waals surface area contributed by atoms with Crippen molar-refractivity contribution in [1.82, 2.24) is 9.55 Å². The van der Waals surface area contributed by atoms with E-state index in [1.165, 1.54) is 37.8 Å². The molecule has 0 amide bonds. The summed E-state index contributed by atoms with van der Waals surface area (Å²) in [6.45, 7) is 3.86. The van der Waals surface area contributed by atoms with Gasteiger partial charge in [0.25, 0.3) is 0 Å². The molecule has 0 aliphatic carbocycles. The van der Waals surface area contributed by atoms with Gasteiger partial charge in [0.1, 0.15) is 5.82 Å². The summed E-state index contributed by atoms with van der Waals surface area (Å²) in [5, 5.41) is 0. The van der Waals surface area contributed by atoms with Gasteiger partial charge in [-0.2, -0.15) is 0 Å². The van der Waals surface area contributed by atoms with Gasteiger partial charge < -0.3 is 9.30 Å². The molecule has 0 fully saturated rings. The summed E-state index contributed by atoms with van der Waals surface area (Å²) in [6.07, 6.45) is 13.8. The first-order valence-electron chi connectivity index (χ1n) is 9.09. The third-order valence-corrected chi connectivity index (χ3v) is 4.24. The average molecular weight is 332 g/mol. The highest BCUT2D eigenvalue weighted by atomic mass is 19.1. The van der Waals surface area contributed by atoms with E-state index in [4.69, 9.17) is 4.74 Å². The van der Waals surface area contributed by atoms with Crippen LogP contribution in [0.2, 0.25) is 0 Å². The highest BCUT2D eigenvalue weighted by Gasteiger charge is 2.10. The Kier molecular flexibility index (Phi) is 8.53. The largest absolute Gasteiger partial charge is 0.376 e. The third kappa shape index (κ3) is 7.26. The number of hydrogen-bond donors (Lipinski definition) is 0. The van der Waals surface area contributed by atoms with Crippen LogP contribution in [0.25, 0.3) is 0 Å². The summed E-state index contributed by atoms with van der Waals surface area (Å²) in [4.78, 5) is 4.10. The van der Waals surface area contributed by atoms with Crippen LogP contribution in [-0.4, -0.2) is 22.3 Å². The van der Waals surface area contributed by atoms with Crippen LogP contribution in [-0.2, 0) is 17.7 Å². The maximum Gasteiger partial charge on any atom is 0.123 e. The molecule has 0 saturated carbocycles. The van der Waals surface area contributed by atoms with E-state index in [1.807, 2.05) is 24.7 Å². The van der Waals surface area contributed by atoms with Crippen molar-refractivity contribution in [2.24, 2.45) is 0 Å². The molecule has 1 unspecified atom stereocenters. The van der Waals surface area contributed by atoms with E-state index >= 15 is 0 Å². The van der Waals surface area contributed by atoms with Crippen LogP contribution >= 0.6 is 0 Å². The fraction of sp³-hybridized carbons (Fsp3) is 0.550. The van der Waals surface area contributed by atoms with Crippen molar-refractivity contribution in [2.75, 3.05) is 6.61 Å². The van der Waals surface area contributed by atoms with Gasteiger partial charge in [0.15, 0.2) is 0 Å². The topological polar surface area (TPSA) is 27.1 Å². The standard InChI is InChI=1S/C20H29FN2O/c1-2-3-4-5-6-15-24-20(16-23-14-13-22-17-23)12-9-18-7-10-19(21)11-8-18/h7-8,10-11,13-14,17,20H,2-6,9,12,15-16H2,1H3. The minimum atomic E-state index is -0.183. The molecule has 24 heavy (non-hydrogen) atoms. The molecule has 0 N–H and O–H groups in total. The van der Waals surface area contributed by atoms with Crippen LogP contribution in [0.4, 0.5) is 4.39 Å². The lowest BCUT2D eigenvalue weighted by Gasteiger charge is -2.18. The predicted octanol–water partition coefficient (Wildman–Crippen LogP) is 5.01. The molecule has 2 rings (SSSR count). The smallest absolute Gasteiger partial charge is 0.123 e. The van der Waals surface area contributed by atoms with Crippen molar-refractivity contribution in [3.05, 3.63) is 54.4 Å². The van der Waals surface area contributed by atoms with E-state index in [-0.39, 0.29) is 11.9 Å². The molecule has 0 spiro atoms. The van der Waals surface area contributed by atoms with E-state index in [0.29, 0.717) is 0 Å². The summed E-state index contributed by atoms with van der Waals surface area (Å²) in [6, 6.07) is 6.76. The number of hydrogen-bond acceptors (Lipinski definition) is 2. The van der Waals surface area contributed by atoms with Gasteiger partial charge in [0.2, 0.25) is 0 Å². The maximum absolute atomic E-state index is 13.0. The van der Waals surface area contributed by atoms with Gasteiger partial charge in [-0.3, -0.25) is 0 Å². The van der Waals surface area contributed by atoms with Gasteiger partial charge in [-0.25, -0.2) is 9.37 Å². The van der Waals surface area contributed by atoms with Gasteiger partial charge >= 0.3 is 0 Å². The molecule has 0 aliphatic rings. The Morgan fingerprint density at radius 3 is 2.62 bits per heavy atom. The molecule has 1 heterocycles. The van der Waals surface area contributed by atoms with E-state index in [0.717, 1.165) is 38.0 Å². The number of unbranched alkanes of at least 4 members (excludes halogenated alkanes) is 4. The molecular formula is C20H29FN2O. The van der Waals surface area contributed by atoms with Crippen molar-refractivity contribution in [3.8, 4) is 0 Å². The number of ether oxygens (including phenoxy) is 1. The second-order valence-electron chi connectivity index (χ2n) is 6.33. The lowest BCUT2D eigenvalue weighted by Crippen LogP contribution is -2.21. The van der Waals surface area contributed by atoms with Crippen LogP contribution in [0.5, 0.6) is 0 Å². The molecule has 0 saturated heterocycles. The summed E-state index contributed by atoms with van der Waals surface area (Å²) in [7, 11) is 0. The Bertz CT molecular complexity index is 539. The number of benzene rings is 1. The van der Waals surface area contributed by atoms with E-state index < -0.39 is 0 Å². The average Bonchev–Trinajstić information content (AvgIpc) is 3.10. The van der Waals surface area contributed by atoms with Gasteiger partial charge in [-0.15, -0.1) is 0 Å². The number of rotatable bonds is 12. The van der Waals surface area contributed by atoms with Crippen LogP contribution in [0, 0.1) is 5.82 Å². The molecule has 132 valence electrons. The first kappa shape index (κ1) is 18.7. The SMILES string of the molecule is CCCCCCCOC(CCc1ccc(F)cc1)Cn1ccnc1. The Hall–Kier alpha value is -1.68. The summed E-state index contributed by atoms with van der Waals surface area (Å²) in [5.41, 5.74) is 1.15. The van der Waals surface area contributed by atoms with E-state index in [9.17, 15) is 4.39 Å². The quantitative estimate of drug-likeness (QED) is 0.511. The van der Waals surface area contributed by atoms with Gasteiger partial charge in [0.05, 0.1) is 12.4 Å². The van der Waals surface area contributed by atoms with Gasteiger partial charge in [0, 0.05) is 25.5 Å². The van der Waals surface area contributed by atoms with Crippen molar-refractivity contribution in [2.45, 2.75) is 64.5 Å². The predicted molar refractivity (Wildman–Crippen MR) is 95.4 cm³/mol. The second-order valence-corrected chi connectivity index (χ2v) is 6.33. The van der Waals surface area contributed by atoms with Crippen LogP contribution < -0.4 is 0 Å². The number of aryl methyl sites for hydroxylation is 1. The van der Waals surface area contributed by atoms with E-state index in [2.05, 4.69) is 16.5 Å². The number of aromatic nitrogens is 2. The first-order chi connectivity index (χ1) is 11.8. The zero-order valence-electron chi connectivity index (χ0n) is 14.7. The van der Waals surface area contributed by atoms with Crippen molar-refractivity contribution in [3.63, 3.8) is 0 Å². The van der Waals surface area contributed by atoms with Gasteiger partial charge in [-0.05, 0) is 37.0 Å². The number of nitrogens with zero attached hydrogens (tertiary/aromatic N) is 2. The zero-order chi connectivity index (χ0) is 17.0. The Balaban J connectivity index is 1.77. The third-order valence-electron chi connectivity index (χ3n) is 4.24. The maximum atomic E-state index is 13.0. The molecule has 1 aromatic heterocycles. The number of halogens is 1. The van der Waals surface area contributed by atoms with Crippen LogP contribution in [0.15, 0.2) is 43.0 Å². The van der Waals surface area contributed by atoms with Crippen LogP contribution in [0.1, 0.15) is 51.0 Å². The second kappa shape index (κ2) is 11.0. The summed E-state index contributed by atoms with van der Waals surface area (Å²) < 4.78 is 21.2. The molecule has 3 nitrogen and oxygen atoms in total. The van der Waals surface area contributed by atoms with Crippen LogP contribution in [0.3, 0.4) is 0 Å². The fourth-order valence-corrected chi connectivity index (χ4v) is 2.79. The molecular weight excluding hydrogens is 303 g/mol. The molecule has 0 bridgehead atoms. The molecule has 2 aromatic rings. The minimum absolute atomic E-state index is 0.162. The Morgan fingerprint density at radius 2 is 1.92 bits per heavy atom. The van der Waals surface area contributed by atoms with Gasteiger partial charge in [-0.1, -0.05) is 44.7 Å². The molecule has 0 radical (unpaired) electrons. The Morgan fingerprint density at radius 1 is 1.12 bits per heavy atom. The lowest BCUT2D eigenvalue weighted by atomic mass is 10.1. The molecule has 1 atom stereocenters.